The molecule has 0 aliphatic carbocycles. The Morgan fingerprint density at radius 1 is 1.14 bits per heavy atom. The van der Waals surface area contributed by atoms with Crippen LogP contribution in [0.15, 0.2) is 24.3 Å². The van der Waals surface area contributed by atoms with Crippen LogP contribution in [0.25, 0.3) is 0 Å². The van der Waals surface area contributed by atoms with E-state index < -0.39 is 6.36 Å². The summed E-state index contributed by atoms with van der Waals surface area (Å²) in [5, 5.41) is 0. The first-order chi connectivity index (χ1) is 9.89. The number of likely N-dealkylation sites (tertiary alicyclic amines) is 1. The molecule has 3 nitrogen and oxygen atoms in total. The van der Waals surface area contributed by atoms with Crippen molar-refractivity contribution in [1.82, 2.24) is 4.90 Å². The summed E-state index contributed by atoms with van der Waals surface area (Å²) < 4.78 is 45.6. The highest BCUT2D eigenvalue weighted by molar-refractivity contribution is 5.29. The summed E-state index contributed by atoms with van der Waals surface area (Å²) in [6, 6.07) is 6.27. The van der Waals surface area contributed by atoms with Crippen LogP contribution in [0.2, 0.25) is 0 Å². The maximum atomic E-state index is 12.1. The SMILES string of the molecule is COC1CCN(C(C)c2ccc(OC(F)(F)F)cc2)CC1. The summed E-state index contributed by atoms with van der Waals surface area (Å²) in [5.41, 5.74) is 0.986. The lowest BCUT2D eigenvalue weighted by molar-refractivity contribution is -0.274. The highest BCUT2D eigenvalue weighted by Gasteiger charge is 2.31. The Balaban J connectivity index is 1.95. The van der Waals surface area contributed by atoms with Crippen molar-refractivity contribution in [1.29, 1.82) is 0 Å². The summed E-state index contributed by atoms with van der Waals surface area (Å²) in [6.07, 6.45) is -2.36. The van der Waals surface area contributed by atoms with Crippen molar-refractivity contribution in [2.24, 2.45) is 0 Å². The topological polar surface area (TPSA) is 21.7 Å². The molecular formula is C15H20F3NO2. The first-order valence-electron chi connectivity index (χ1n) is 7.01. The molecule has 0 spiro atoms. The normalized spacial score (nSPS) is 19.5. The quantitative estimate of drug-likeness (QED) is 0.845. The average Bonchev–Trinajstić information content (AvgIpc) is 2.46. The van der Waals surface area contributed by atoms with Crippen LogP contribution in [0.5, 0.6) is 5.75 Å². The molecule has 1 heterocycles. The summed E-state index contributed by atoms with van der Waals surface area (Å²) in [4.78, 5) is 2.31. The van der Waals surface area contributed by atoms with Crippen LogP contribution >= 0.6 is 0 Å². The lowest BCUT2D eigenvalue weighted by atomic mass is 10.0. The van der Waals surface area contributed by atoms with Crippen molar-refractivity contribution in [2.75, 3.05) is 20.2 Å². The van der Waals surface area contributed by atoms with Crippen molar-refractivity contribution in [3.8, 4) is 5.75 Å². The number of methoxy groups -OCH3 is 1. The van der Waals surface area contributed by atoms with Gasteiger partial charge in [-0.25, -0.2) is 0 Å². The van der Waals surface area contributed by atoms with Crippen LogP contribution in [0.1, 0.15) is 31.4 Å². The third kappa shape index (κ3) is 4.61. The van der Waals surface area contributed by atoms with Gasteiger partial charge in [-0.05, 0) is 37.5 Å². The van der Waals surface area contributed by atoms with E-state index in [1.807, 2.05) is 0 Å². The van der Waals surface area contributed by atoms with Gasteiger partial charge in [-0.2, -0.15) is 0 Å². The second-order valence-corrected chi connectivity index (χ2v) is 5.26. The highest BCUT2D eigenvalue weighted by atomic mass is 19.4. The number of nitrogens with zero attached hydrogens (tertiary/aromatic N) is 1. The summed E-state index contributed by atoms with van der Waals surface area (Å²) in [7, 11) is 1.73. The second kappa shape index (κ2) is 6.66. The molecule has 6 heteroatoms. The Labute approximate surface area is 122 Å². The van der Waals surface area contributed by atoms with E-state index in [0.717, 1.165) is 31.5 Å². The Kier molecular flexibility index (Phi) is 5.11. The predicted molar refractivity (Wildman–Crippen MR) is 73.1 cm³/mol. The first-order valence-corrected chi connectivity index (χ1v) is 7.01. The molecule has 118 valence electrons. The van der Waals surface area contributed by atoms with E-state index in [1.165, 1.54) is 12.1 Å². The van der Waals surface area contributed by atoms with Gasteiger partial charge in [0.05, 0.1) is 6.10 Å². The fraction of sp³-hybridized carbons (Fsp3) is 0.600. The van der Waals surface area contributed by atoms with Gasteiger partial charge >= 0.3 is 6.36 Å². The number of hydrogen-bond donors (Lipinski definition) is 0. The number of rotatable bonds is 4. The number of ether oxygens (including phenoxy) is 2. The molecule has 1 fully saturated rings. The molecule has 0 bridgehead atoms. The van der Waals surface area contributed by atoms with Gasteiger partial charge in [0.2, 0.25) is 0 Å². The molecule has 1 aliphatic rings. The molecule has 1 atom stereocenters. The molecule has 0 saturated carbocycles. The number of halogens is 3. The van der Waals surface area contributed by atoms with Crippen molar-refractivity contribution in [2.45, 2.75) is 38.3 Å². The molecule has 1 aromatic carbocycles. The summed E-state index contributed by atoms with van der Waals surface area (Å²) in [5.74, 6) is -0.184. The third-order valence-electron chi connectivity index (χ3n) is 3.95. The van der Waals surface area contributed by atoms with Crippen LogP contribution in [0, 0.1) is 0 Å². The molecule has 21 heavy (non-hydrogen) atoms. The van der Waals surface area contributed by atoms with Gasteiger partial charge in [-0.3, -0.25) is 4.90 Å². The largest absolute Gasteiger partial charge is 0.573 e. The zero-order chi connectivity index (χ0) is 15.5. The maximum absolute atomic E-state index is 12.1. The fourth-order valence-electron chi connectivity index (χ4n) is 2.66. The number of piperidine rings is 1. The number of alkyl halides is 3. The molecule has 1 saturated heterocycles. The minimum absolute atomic E-state index is 0.169. The van der Waals surface area contributed by atoms with E-state index in [1.54, 1.807) is 19.2 Å². The Hall–Kier alpha value is -1.27. The van der Waals surface area contributed by atoms with Gasteiger partial charge < -0.3 is 9.47 Å². The van der Waals surface area contributed by atoms with E-state index in [2.05, 4.69) is 16.6 Å². The summed E-state index contributed by atoms with van der Waals surface area (Å²) in [6.45, 7) is 3.92. The maximum Gasteiger partial charge on any atom is 0.573 e. The molecule has 1 aliphatic heterocycles. The lowest BCUT2D eigenvalue weighted by Gasteiger charge is -2.35. The monoisotopic (exact) mass is 303 g/mol. The van der Waals surface area contributed by atoms with E-state index in [0.29, 0.717) is 6.10 Å². The number of benzene rings is 1. The molecule has 0 radical (unpaired) electrons. The van der Waals surface area contributed by atoms with Gasteiger partial charge in [-0.15, -0.1) is 13.2 Å². The highest BCUT2D eigenvalue weighted by Crippen LogP contribution is 2.28. The minimum atomic E-state index is -4.64. The Bertz CT molecular complexity index is 439. The zero-order valence-electron chi connectivity index (χ0n) is 12.2. The fourth-order valence-corrected chi connectivity index (χ4v) is 2.66. The smallest absolute Gasteiger partial charge is 0.406 e. The Morgan fingerprint density at radius 3 is 2.19 bits per heavy atom. The molecule has 0 aromatic heterocycles. The minimum Gasteiger partial charge on any atom is -0.406 e. The van der Waals surface area contributed by atoms with Gasteiger partial charge in [0.1, 0.15) is 5.75 Å². The Morgan fingerprint density at radius 2 is 1.71 bits per heavy atom. The van der Waals surface area contributed by atoms with Gasteiger partial charge in [0, 0.05) is 26.2 Å². The van der Waals surface area contributed by atoms with E-state index in [9.17, 15) is 13.2 Å². The third-order valence-corrected chi connectivity index (χ3v) is 3.95. The van der Waals surface area contributed by atoms with E-state index >= 15 is 0 Å². The van der Waals surface area contributed by atoms with Crippen LogP contribution in [0.4, 0.5) is 13.2 Å². The van der Waals surface area contributed by atoms with Crippen LogP contribution in [-0.4, -0.2) is 37.6 Å². The summed E-state index contributed by atoms with van der Waals surface area (Å²) >= 11 is 0. The van der Waals surface area contributed by atoms with Crippen molar-refractivity contribution >= 4 is 0 Å². The molecule has 1 aromatic rings. The van der Waals surface area contributed by atoms with E-state index in [4.69, 9.17) is 4.74 Å². The van der Waals surface area contributed by atoms with E-state index in [-0.39, 0.29) is 11.8 Å². The first kappa shape index (κ1) is 16.1. The average molecular weight is 303 g/mol. The van der Waals surface area contributed by atoms with Crippen molar-refractivity contribution < 1.29 is 22.6 Å². The molecule has 1 unspecified atom stereocenters. The molecule has 2 rings (SSSR count). The van der Waals surface area contributed by atoms with Crippen molar-refractivity contribution in [3.63, 3.8) is 0 Å². The van der Waals surface area contributed by atoms with Gasteiger partial charge in [-0.1, -0.05) is 12.1 Å². The van der Waals surface area contributed by atoms with Gasteiger partial charge in [0.25, 0.3) is 0 Å². The zero-order valence-corrected chi connectivity index (χ0v) is 12.2. The lowest BCUT2D eigenvalue weighted by Crippen LogP contribution is -2.38. The molecule has 0 N–H and O–H groups in total. The van der Waals surface area contributed by atoms with Crippen LogP contribution in [-0.2, 0) is 4.74 Å². The second-order valence-electron chi connectivity index (χ2n) is 5.26. The van der Waals surface area contributed by atoms with Crippen LogP contribution < -0.4 is 4.74 Å². The number of hydrogen-bond acceptors (Lipinski definition) is 3. The molecular weight excluding hydrogens is 283 g/mol. The van der Waals surface area contributed by atoms with Crippen LogP contribution in [0.3, 0.4) is 0 Å². The molecule has 0 amide bonds. The van der Waals surface area contributed by atoms with Crippen molar-refractivity contribution in [3.05, 3.63) is 29.8 Å². The standard InChI is InChI=1S/C15H20F3NO2/c1-11(19-9-7-13(20-2)8-10-19)12-3-5-14(6-4-12)21-15(16,17)18/h3-6,11,13H,7-10H2,1-2H3. The predicted octanol–water partition coefficient (Wildman–Crippen LogP) is 3.76. The van der Waals surface area contributed by atoms with Gasteiger partial charge in [0.15, 0.2) is 0 Å².